The fourth-order valence-electron chi connectivity index (χ4n) is 1.56. The SMILES string of the molecule is COCCN(CCC(N)=S)c1cc(C(F)(F)F)ccn1. The molecule has 8 heteroatoms. The van der Waals surface area contributed by atoms with Crippen LogP contribution in [0.25, 0.3) is 0 Å². The molecule has 0 saturated heterocycles. The van der Waals surface area contributed by atoms with Crippen LogP contribution in [0.15, 0.2) is 18.3 Å². The zero-order valence-corrected chi connectivity index (χ0v) is 11.8. The molecule has 0 aliphatic heterocycles. The van der Waals surface area contributed by atoms with Crippen LogP contribution < -0.4 is 10.6 Å². The zero-order valence-electron chi connectivity index (χ0n) is 11.0. The van der Waals surface area contributed by atoms with Crippen molar-refractivity contribution in [1.29, 1.82) is 0 Å². The van der Waals surface area contributed by atoms with Crippen LogP contribution in [0.2, 0.25) is 0 Å². The maximum atomic E-state index is 12.7. The fourth-order valence-corrected chi connectivity index (χ4v) is 1.65. The summed E-state index contributed by atoms with van der Waals surface area (Å²) < 4.78 is 43.0. The third kappa shape index (κ3) is 5.30. The van der Waals surface area contributed by atoms with Gasteiger partial charge in [0, 0.05) is 32.8 Å². The molecule has 0 atom stereocenters. The summed E-state index contributed by atoms with van der Waals surface area (Å²) in [5.41, 5.74) is 4.68. The minimum atomic E-state index is -4.40. The molecule has 0 bridgehead atoms. The van der Waals surface area contributed by atoms with E-state index in [4.69, 9.17) is 22.7 Å². The topological polar surface area (TPSA) is 51.4 Å². The molecule has 0 aliphatic carbocycles. The molecule has 112 valence electrons. The summed E-state index contributed by atoms with van der Waals surface area (Å²) in [4.78, 5) is 5.94. The molecule has 4 nitrogen and oxygen atoms in total. The third-order valence-electron chi connectivity index (χ3n) is 2.59. The molecule has 0 unspecified atom stereocenters. The van der Waals surface area contributed by atoms with Gasteiger partial charge in [-0.25, -0.2) is 4.98 Å². The van der Waals surface area contributed by atoms with Crippen molar-refractivity contribution in [2.24, 2.45) is 5.73 Å². The highest BCUT2D eigenvalue weighted by molar-refractivity contribution is 7.80. The fraction of sp³-hybridized carbons (Fsp3) is 0.500. The van der Waals surface area contributed by atoms with Gasteiger partial charge in [-0.15, -0.1) is 0 Å². The van der Waals surface area contributed by atoms with Crippen molar-refractivity contribution in [3.05, 3.63) is 23.9 Å². The molecule has 1 heterocycles. The van der Waals surface area contributed by atoms with Crippen LogP contribution in [-0.4, -0.2) is 36.8 Å². The molecule has 2 N–H and O–H groups in total. The van der Waals surface area contributed by atoms with Gasteiger partial charge in [0.05, 0.1) is 17.2 Å². The van der Waals surface area contributed by atoms with Crippen molar-refractivity contribution in [2.75, 3.05) is 31.7 Å². The van der Waals surface area contributed by atoms with Gasteiger partial charge in [-0.3, -0.25) is 0 Å². The van der Waals surface area contributed by atoms with Crippen LogP contribution in [0, 0.1) is 0 Å². The quantitative estimate of drug-likeness (QED) is 0.783. The van der Waals surface area contributed by atoms with Crippen molar-refractivity contribution in [3.63, 3.8) is 0 Å². The second-order valence-corrected chi connectivity index (χ2v) is 4.62. The number of aromatic nitrogens is 1. The molecule has 1 rings (SSSR count). The van der Waals surface area contributed by atoms with Crippen molar-refractivity contribution >= 4 is 23.0 Å². The summed E-state index contributed by atoms with van der Waals surface area (Å²) in [7, 11) is 1.52. The monoisotopic (exact) mass is 307 g/mol. The second kappa shape index (κ2) is 7.39. The predicted molar refractivity (Wildman–Crippen MR) is 74.7 cm³/mol. The lowest BCUT2D eigenvalue weighted by Gasteiger charge is -2.23. The number of rotatable bonds is 7. The average molecular weight is 307 g/mol. The number of thiocarbonyl (C=S) groups is 1. The van der Waals surface area contributed by atoms with Gasteiger partial charge in [0.15, 0.2) is 0 Å². The number of halogens is 3. The highest BCUT2D eigenvalue weighted by Crippen LogP contribution is 2.30. The number of pyridine rings is 1. The number of hydrogen-bond donors (Lipinski definition) is 1. The van der Waals surface area contributed by atoms with Crippen LogP contribution in [-0.2, 0) is 10.9 Å². The van der Waals surface area contributed by atoms with Gasteiger partial charge in [0.25, 0.3) is 0 Å². The number of methoxy groups -OCH3 is 1. The molecule has 1 aromatic rings. The molecule has 0 amide bonds. The summed E-state index contributed by atoms with van der Waals surface area (Å²) >= 11 is 4.78. The molecule has 0 saturated carbocycles. The Morgan fingerprint density at radius 1 is 1.45 bits per heavy atom. The first kappa shape index (κ1) is 16.6. The Kier molecular flexibility index (Phi) is 6.15. The number of hydrogen-bond acceptors (Lipinski definition) is 4. The van der Waals surface area contributed by atoms with Crippen LogP contribution in [0.4, 0.5) is 19.0 Å². The molecule has 0 fully saturated rings. The molecule has 20 heavy (non-hydrogen) atoms. The van der Waals surface area contributed by atoms with E-state index in [0.717, 1.165) is 18.3 Å². The van der Waals surface area contributed by atoms with Crippen LogP contribution >= 0.6 is 12.2 Å². The van der Waals surface area contributed by atoms with E-state index in [1.807, 2.05) is 0 Å². The van der Waals surface area contributed by atoms with E-state index in [1.54, 1.807) is 4.90 Å². The maximum Gasteiger partial charge on any atom is 0.416 e. The summed E-state index contributed by atoms with van der Waals surface area (Å²) in [6, 6.07) is 1.95. The number of anilines is 1. The molecule has 0 spiro atoms. The van der Waals surface area contributed by atoms with E-state index in [2.05, 4.69) is 4.98 Å². The summed E-state index contributed by atoms with van der Waals surface area (Å²) in [6.07, 6.45) is -2.86. The lowest BCUT2D eigenvalue weighted by atomic mass is 10.2. The Labute approximate surface area is 120 Å². The summed E-state index contributed by atoms with van der Waals surface area (Å²) in [5.74, 6) is 0.230. The van der Waals surface area contributed by atoms with Crippen molar-refractivity contribution < 1.29 is 17.9 Å². The number of nitrogens with zero attached hydrogens (tertiary/aromatic N) is 2. The first-order valence-corrected chi connectivity index (χ1v) is 6.31. The molecule has 1 aromatic heterocycles. The molecule has 0 aliphatic rings. The Bertz CT molecular complexity index is 454. The zero-order chi connectivity index (χ0) is 15.2. The van der Waals surface area contributed by atoms with Gasteiger partial charge in [0.2, 0.25) is 0 Å². The average Bonchev–Trinajstić information content (AvgIpc) is 2.38. The minimum absolute atomic E-state index is 0.230. The van der Waals surface area contributed by atoms with Gasteiger partial charge < -0.3 is 15.4 Å². The molecule has 0 aromatic carbocycles. The van der Waals surface area contributed by atoms with E-state index >= 15 is 0 Å². The predicted octanol–water partition coefficient (Wildman–Crippen LogP) is 2.23. The largest absolute Gasteiger partial charge is 0.416 e. The van der Waals surface area contributed by atoms with Crippen molar-refractivity contribution in [1.82, 2.24) is 4.98 Å². The Morgan fingerprint density at radius 2 is 2.15 bits per heavy atom. The Balaban J connectivity index is 2.91. The first-order chi connectivity index (χ1) is 9.34. The molecular formula is C12H16F3N3OS. The van der Waals surface area contributed by atoms with Gasteiger partial charge >= 0.3 is 6.18 Å². The third-order valence-corrected chi connectivity index (χ3v) is 2.79. The Hall–Kier alpha value is -1.41. The number of nitrogens with two attached hydrogens (primary N) is 1. The summed E-state index contributed by atoms with van der Waals surface area (Å²) in [5, 5.41) is 0. The van der Waals surface area contributed by atoms with Gasteiger partial charge in [-0.05, 0) is 12.1 Å². The lowest BCUT2D eigenvalue weighted by Crippen LogP contribution is -2.31. The van der Waals surface area contributed by atoms with Gasteiger partial charge in [-0.1, -0.05) is 12.2 Å². The second-order valence-electron chi connectivity index (χ2n) is 4.10. The van der Waals surface area contributed by atoms with Crippen molar-refractivity contribution in [3.8, 4) is 0 Å². The van der Waals surface area contributed by atoms with E-state index in [1.165, 1.54) is 7.11 Å². The minimum Gasteiger partial charge on any atom is -0.393 e. The normalized spacial score (nSPS) is 11.4. The van der Waals surface area contributed by atoms with Crippen molar-refractivity contribution in [2.45, 2.75) is 12.6 Å². The number of alkyl halides is 3. The molecular weight excluding hydrogens is 291 g/mol. The number of ether oxygens (including phenoxy) is 1. The Morgan fingerprint density at radius 3 is 2.70 bits per heavy atom. The van der Waals surface area contributed by atoms with Crippen LogP contribution in [0.3, 0.4) is 0 Å². The van der Waals surface area contributed by atoms with E-state index in [9.17, 15) is 13.2 Å². The van der Waals surface area contributed by atoms with Crippen LogP contribution in [0.5, 0.6) is 0 Å². The standard InChI is InChI=1S/C12H16F3N3OS/c1-19-7-6-18(5-3-10(16)20)11-8-9(2-4-17-11)12(13,14)15/h2,4,8H,3,5-7H2,1H3,(H2,16,20). The molecule has 0 radical (unpaired) electrons. The van der Waals surface area contributed by atoms with Gasteiger partial charge in [0.1, 0.15) is 5.82 Å². The van der Waals surface area contributed by atoms with Gasteiger partial charge in [-0.2, -0.15) is 13.2 Å². The smallest absolute Gasteiger partial charge is 0.393 e. The maximum absolute atomic E-state index is 12.7. The summed E-state index contributed by atoms with van der Waals surface area (Å²) in [6.45, 7) is 1.18. The van der Waals surface area contributed by atoms with E-state index < -0.39 is 11.7 Å². The highest BCUT2D eigenvalue weighted by atomic mass is 32.1. The highest BCUT2D eigenvalue weighted by Gasteiger charge is 2.31. The lowest BCUT2D eigenvalue weighted by molar-refractivity contribution is -0.137. The van der Waals surface area contributed by atoms with Crippen LogP contribution in [0.1, 0.15) is 12.0 Å². The van der Waals surface area contributed by atoms with E-state index in [0.29, 0.717) is 31.1 Å². The van der Waals surface area contributed by atoms with E-state index in [-0.39, 0.29) is 5.82 Å². The first-order valence-electron chi connectivity index (χ1n) is 5.90.